The van der Waals surface area contributed by atoms with Crippen molar-refractivity contribution in [3.8, 4) is 0 Å². The van der Waals surface area contributed by atoms with E-state index in [1.54, 1.807) is 0 Å². The molecular weight excluding hydrogens is 190 g/mol. The molecule has 0 aliphatic carbocycles. The average molecular weight is 205 g/mol. The van der Waals surface area contributed by atoms with E-state index in [1.807, 2.05) is 18.2 Å². The molecule has 1 aliphatic heterocycles. The third-order valence-corrected chi connectivity index (χ3v) is 2.50. The molecular formula is C12H15NO2. The van der Waals surface area contributed by atoms with Gasteiger partial charge < -0.3 is 9.94 Å². The van der Waals surface area contributed by atoms with Crippen molar-refractivity contribution in [2.24, 2.45) is 5.16 Å². The van der Waals surface area contributed by atoms with E-state index < -0.39 is 0 Å². The van der Waals surface area contributed by atoms with Gasteiger partial charge in [-0.25, -0.2) is 0 Å². The number of oxime groups is 1. The molecule has 0 radical (unpaired) electrons. The highest BCUT2D eigenvalue weighted by atomic mass is 16.6. The highest BCUT2D eigenvalue weighted by molar-refractivity contribution is 5.85. The monoisotopic (exact) mass is 205 g/mol. The summed E-state index contributed by atoms with van der Waals surface area (Å²) >= 11 is 0. The summed E-state index contributed by atoms with van der Waals surface area (Å²) in [4.78, 5) is 5.30. The molecule has 1 heterocycles. The quantitative estimate of drug-likeness (QED) is 0.813. The second-order valence-corrected chi connectivity index (χ2v) is 3.75. The predicted octanol–water partition coefficient (Wildman–Crippen LogP) is 1.76. The molecule has 1 aromatic carbocycles. The van der Waals surface area contributed by atoms with E-state index in [-0.39, 0.29) is 12.7 Å². The molecule has 0 spiro atoms. The van der Waals surface area contributed by atoms with Crippen LogP contribution in [0.2, 0.25) is 0 Å². The van der Waals surface area contributed by atoms with Crippen LogP contribution in [0, 0.1) is 0 Å². The van der Waals surface area contributed by atoms with Gasteiger partial charge in [0.2, 0.25) is 0 Å². The van der Waals surface area contributed by atoms with Gasteiger partial charge in [-0.3, -0.25) is 0 Å². The van der Waals surface area contributed by atoms with E-state index in [2.05, 4.69) is 17.3 Å². The largest absolute Gasteiger partial charge is 0.396 e. The minimum absolute atomic E-state index is 0.147. The normalized spacial score (nSPS) is 19.8. The summed E-state index contributed by atoms with van der Waals surface area (Å²) in [6.07, 6.45) is 2.51. The van der Waals surface area contributed by atoms with E-state index in [4.69, 9.17) is 9.94 Å². The molecule has 3 nitrogen and oxygen atoms in total. The lowest BCUT2D eigenvalue weighted by Gasteiger charge is -2.07. The SMILES string of the molecule is OCCC1=NOC(Cc2ccccc2)C1. The minimum atomic E-state index is 0.147. The summed E-state index contributed by atoms with van der Waals surface area (Å²) in [5.41, 5.74) is 2.24. The number of rotatable bonds is 4. The first kappa shape index (κ1) is 10.2. The number of aliphatic hydroxyl groups is 1. The Kier molecular flexibility index (Phi) is 3.35. The first-order chi connectivity index (χ1) is 7.38. The lowest BCUT2D eigenvalue weighted by molar-refractivity contribution is 0.0859. The zero-order valence-electron chi connectivity index (χ0n) is 8.60. The number of aliphatic hydroxyl groups excluding tert-OH is 1. The average Bonchev–Trinajstić information content (AvgIpc) is 2.68. The number of nitrogens with zero attached hydrogens (tertiary/aromatic N) is 1. The summed E-state index contributed by atoms with van der Waals surface area (Å²) in [6.45, 7) is 0.153. The molecule has 0 bridgehead atoms. The van der Waals surface area contributed by atoms with Crippen molar-refractivity contribution in [3.05, 3.63) is 35.9 Å². The van der Waals surface area contributed by atoms with Gasteiger partial charge in [0.15, 0.2) is 0 Å². The fraction of sp³-hybridized carbons (Fsp3) is 0.417. The molecule has 0 saturated heterocycles. The Hall–Kier alpha value is -1.35. The molecule has 0 fully saturated rings. The van der Waals surface area contributed by atoms with Crippen LogP contribution in [0.4, 0.5) is 0 Å². The summed E-state index contributed by atoms with van der Waals surface area (Å²) in [5, 5.41) is 12.7. The van der Waals surface area contributed by atoms with Crippen LogP contribution in [-0.4, -0.2) is 23.5 Å². The van der Waals surface area contributed by atoms with E-state index in [1.165, 1.54) is 5.56 Å². The summed E-state index contributed by atoms with van der Waals surface area (Å²) in [5.74, 6) is 0. The van der Waals surface area contributed by atoms with E-state index in [9.17, 15) is 0 Å². The second kappa shape index (κ2) is 4.94. The van der Waals surface area contributed by atoms with Crippen molar-refractivity contribution in [3.63, 3.8) is 0 Å². The zero-order valence-corrected chi connectivity index (χ0v) is 8.60. The van der Waals surface area contributed by atoms with Crippen LogP contribution in [0.15, 0.2) is 35.5 Å². The van der Waals surface area contributed by atoms with Crippen LogP contribution < -0.4 is 0 Å². The first-order valence-corrected chi connectivity index (χ1v) is 5.25. The Labute approximate surface area is 89.4 Å². The van der Waals surface area contributed by atoms with Gasteiger partial charge in [-0.2, -0.15) is 0 Å². The molecule has 0 saturated carbocycles. The predicted molar refractivity (Wildman–Crippen MR) is 58.8 cm³/mol. The van der Waals surface area contributed by atoms with Crippen molar-refractivity contribution in [2.45, 2.75) is 25.4 Å². The Morgan fingerprint density at radius 2 is 2.13 bits per heavy atom. The molecule has 3 heteroatoms. The topological polar surface area (TPSA) is 41.8 Å². The number of hydrogen-bond donors (Lipinski definition) is 1. The van der Waals surface area contributed by atoms with Crippen molar-refractivity contribution in [1.29, 1.82) is 0 Å². The van der Waals surface area contributed by atoms with Crippen LogP contribution in [0.3, 0.4) is 0 Å². The van der Waals surface area contributed by atoms with Gasteiger partial charge in [0, 0.05) is 25.9 Å². The van der Waals surface area contributed by atoms with Crippen molar-refractivity contribution in [1.82, 2.24) is 0 Å². The molecule has 80 valence electrons. The van der Waals surface area contributed by atoms with Crippen LogP contribution in [-0.2, 0) is 11.3 Å². The van der Waals surface area contributed by atoms with Crippen molar-refractivity contribution < 1.29 is 9.94 Å². The lowest BCUT2D eigenvalue weighted by Crippen LogP contribution is -2.11. The third kappa shape index (κ3) is 2.80. The minimum Gasteiger partial charge on any atom is -0.396 e. The highest BCUT2D eigenvalue weighted by Crippen LogP contribution is 2.17. The lowest BCUT2D eigenvalue weighted by atomic mass is 10.0. The van der Waals surface area contributed by atoms with Gasteiger partial charge in [-0.15, -0.1) is 0 Å². The fourth-order valence-electron chi connectivity index (χ4n) is 1.75. The Morgan fingerprint density at radius 1 is 1.33 bits per heavy atom. The maximum atomic E-state index is 8.77. The summed E-state index contributed by atoms with van der Waals surface area (Å²) in [6, 6.07) is 10.2. The Balaban J connectivity index is 1.84. The van der Waals surface area contributed by atoms with Crippen LogP contribution in [0.5, 0.6) is 0 Å². The van der Waals surface area contributed by atoms with Crippen LogP contribution in [0.1, 0.15) is 18.4 Å². The van der Waals surface area contributed by atoms with E-state index in [0.717, 1.165) is 18.6 Å². The van der Waals surface area contributed by atoms with Gasteiger partial charge in [-0.05, 0) is 5.56 Å². The maximum Gasteiger partial charge on any atom is 0.136 e. The molecule has 0 aromatic heterocycles. The summed E-state index contributed by atoms with van der Waals surface area (Å²) in [7, 11) is 0. The fourth-order valence-corrected chi connectivity index (χ4v) is 1.75. The van der Waals surface area contributed by atoms with Gasteiger partial charge in [0.1, 0.15) is 6.10 Å². The van der Waals surface area contributed by atoms with Crippen LogP contribution >= 0.6 is 0 Å². The molecule has 1 aliphatic rings. The van der Waals surface area contributed by atoms with Gasteiger partial charge in [0.25, 0.3) is 0 Å². The maximum absolute atomic E-state index is 8.77. The molecule has 1 aromatic rings. The third-order valence-electron chi connectivity index (χ3n) is 2.50. The molecule has 0 amide bonds. The molecule has 1 N–H and O–H groups in total. The molecule has 15 heavy (non-hydrogen) atoms. The Bertz CT molecular complexity index is 335. The number of benzene rings is 1. The van der Waals surface area contributed by atoms with Crippen molar-refractivity contribution in [2.75, 3.05) is 6.61 Å². The zero-order chi connectivity index (χ0) is 10.5. The number of hydrogen-bond acceptors (Lipinski definition) is 3. The van der Waals surface area contributed by atoms with Gasteiger partial charge in [0.05, 0.1) is 5.71 Å². The highest BCUT2D eigenvalue weighted by Gasteiger charge is 2.20. The Morgan fingerprint density at radius 3 is 2.87 bits per heavy atom. The van der Waals surface area contributed by atoms with Gasteiger partial charge in [-0.1, -0.05) is 35.5 Å². The molecule has 1 unspecified atom stereocenters. The summed E-state index contributed by atoms with van der Waals surface area (Å²) < 4.78 is 0. The van der Waals surface area contributed by atoms with Gasteiger partial charge >= 0.3 is 0 Å². The molecule has 2 rings (SSSR count). The van der Waals surface area contributed by atoms with Crippen molar-refractivity contribution >= 4 is 5.71 Å². The molecule has 1 atom stereocenters. The standard InChI is InChI=1S/C12H15NO2/c14-7-6-11-9-12(15-13-11)8-10-4-2-1-3-5-10/h1-5,12,14H,6-9H2. The van der Waals surface area contributed by atoms with Crippen LogP contribution in [0.25, 0.3) is 0 Å². The first-order valence-electron chi connectivity index (χ1n) is 5.25. The van der Waals surface area contributed by atoms with E-state index in [0.29, 0.717) is 6.42 Å². The smallest absolute Gasteiger partial charge is 0.136 e. The second-order valence-electron chi connectivity index (χ2n) is 3.75. The van der Waals surface area contributed by atoms with E-state index >= 15 is 0 Å².